The van der Waals surface area contributed by atoms with Gasteiger partial charge in [-0.15, -0.1) is 0 Å². The van der Waals surface area contributed by atoms with Crippen LogP contribution in [-0.4, -0.2) is 37.6 Å². The molecule has 2 aliphatic rings. The summed E-state index contributed by atoms with van der Waals surface area (Å²) in [5, 5.41) is 0. The van der Waals surface area contributed by atoms with Crippen LogP contribution in [0.25, 0.3) is 0 Å². The van der Waals surface area contributed by atoms with Gasteiger partial charge < -0.3 is 18.9 Å². The van der Waals surface area contributed by atoms with Crippen molar-refractivity contribution in [2.24, 2.45) is 5.92 Å². The molecular weight excluding hydrogens is 292 g/mol. The van der Waals surface area contributed by atoms with Crippen LogP contribution in [0.3, 0.4) is 0 Å². The molecule has 0 saturated carbocycles. The van der Waals surface area contributed by atoms with Crippen LogP contribution in [0.1, 0.15) is 39.2 Å². The Bertz CT molecular complexity index is 558. The summed E-state index contributed by atoms with van der Waals surface area (Å²) in [4.78, 5) is 0. The molecule has 1 aromatic rings. The molecule has 3 rings (SSSR count). The second kappa shape index (κ2) is 6.08. The summed E-state index contributed by atoms with van der Waals surface area (Å²) in [7, 11) is 3.45. The van der Waals surface area contributed by atoms with Crippen LogP contribution in [0.4, 0.5) is 0 Å². The van der Waals surface area contributed by atoms with Crippen molar-refractivity contribution in [2.75, 3.05) is 14.2 Å². The lowest BCUT2D eigenvalue weighted by Gasteiger charge is -2.39. The smallest absolute Gasteiger partial charge is 0.124 e. The molecule has 2 bridgehead atoms. The van der Waals surface area contributed by atoms with Gasteiger partial charge in [0.2, 0.25) is 0 Å². The highest BCUT2D eigenvalue weighted by molar-refractivity contribution is 5.32. The molecule has 2 aliphatic heterocycles. The van der Waals surface area contributed by atoms with Crippen LogP contribution in [-0.2, 0) is 20.8 Å². The second-order valence-electron chi connectivity index (χ2n) is 7.22. The van der Waals surface area contributed by atoms with Crippen molar-refractivity contribution < 1.29 is 18.9 Å². The van der Waals surface area contributed by atoms with Gasteiger partial charge in [0, 0.05) is 12.7 Å². The van der Waals surface area contributed by atoms with Crippen LogP contribution >= 0.6 is 0 Å². The zero-order valence-electron chi connectivity index (χ0n) is 14.8. The van der Waals surface area contributed by atoms with E-state index >= 15 is 0 Å². The van der Waals surface area contributed by atoms with Gasteiger partial charge in [0.25, 0.3) is 0 Å². The summed E-state index contributed by atoms with van der Waals surface area (Å²) in [6.07, 6.45) is 1.96. The van der Waals surface area contributed by atoms with Gasteiger partial charge in [0.05, 0.1) is 19.3 Å². The normalized spacial score (nSPS) is 35.9. The van der Waals surface area contributed by atoms with Gasteiger partial charge in [-0.1, -0.05) is 32.0 Å². The molecule has 4 nitrogen and oxygen atoms in total. The lowest BCUT2D eigenvalue weighted by molar-refractivity contribution is -0.110. The van der Waals surface area contributed by atoms with E-state index in [4.69, 9.17) is 18.9 Å². The fourth-order valence-corrected chi connectivity index (χ4v) is 4.28. The van der Waals surface area contributed by atoms with Gasteiger partial charge in [-0.3, -0.25) is 0 Å². The summed E-state index contributed by atoms with van der Waals surface area (Å²) >= 11 is 0. The summed E-state index contributed by atoms with van der Waals surface area (Å²) in [5.41, 5.74) is 0.553. The molecule has 4 heteroatoms. The van der Waals surface area contributed by atoms with E-state index in [1.54, 1.807) is 14.2 Å². The predicted molar refractivity (Wildman–Crippen MR) is 88.7 cm³/mol. The first-order valence-electron chi connectivity index (χ1n) is 8.43. The zero-order chi connectivity index (χ0) is 16.7. The van der Waals surface area contributed by atoms with E-state index in [0.717, 1.165) is 24.2 Å². The van der Waals surface area contributed by atoms with E-state index in [2.05, 4.69) is 20.8 Å². The molecule has 2 heterocycles. The molecule has 0 unspecified atom stereocenters. The first-order valence-corrected chi connectivity index (χ1v) is 8.43. The molecule has 0 N–H and O–H groups in total. The van der Waals surface area contributed by atoms with Crippen LogP contribution in [0, 0.1) is 5.92 Å². The molecule has 2 fully saturated rings. The Kier molecular flexibility index (Phi) is 4.43. The van der Waals surface area contributed by atoms with Crippen molar-refractivity contribution >= 4 is 0 Å². The van der Waals surface area contributed by atoms with Gasteiger partial charge in [-0.05, 0) is 31.7 Å². The molecule has 0 aromatic heterocycles. The number of ether oxygens (including phenoxy) is 4. The van der Waals surface area contributed by atoms with E-state index in [0.29, 0.717) is 12.5 Å². The summed E-state index contributed by atoms with van der Waals surface area (Å²) in [6, 6.07) is 7.97. The second-order valence-corrected chi connectivity index (χ2v) is 7.22. The van der Waals surface area contributed by atoms with E-state index in [1.165, 1.54) is 0 Å². The van der Waals surface area contributed by atoms with Crippen LogP contribution < -0.4 is 4.74 Å². The molecular formula is C19H28O4. The average Bonchev–Trinajstić information content (AvgIpc) is 3.03. The third-order valence-corrected chi connectivity index (χ3v) is 5.64. The Hall–Kier alpha value is -1.10. The SMILES string of the molecule is COc1ccccc1CO[C@@H]1[C@@H](OC)[C@@]2(C(C)C)CC[C@]1(C)O2. The number of para-hydroxylation sites is 1. The molecule has 0 aliphatic carbocycles. The number of fused-ring (bicyclic) bond motifs is 2. The highest BCUT2D eigenvalue weighted by Crippen LogP contribution is 2.56. The van der Waals surface area contributed by atoms with Crippen molar-refractivity contribution in [1.82, 2.24) is 0 Å². The Balaban J connectivity index is 1.80. The van der Waals surface area contributed by atoms with Crippen molar-refractivity contribution in [3.63, 3.8) is 0 Å². The van der Waals surface area contributed by atoms with E-state index in [-0.39, 0.29) is 23.4 Å². The van der Waals surface area contributed by atoms with Crippen LogP contribution in [0.2, 0.25) is 0 Å². The van der Waals surface area contributed by atoms with Crippen molar-refractivity contribution in [3.05, 3.63) is 29.8 Å². The third-order valence-electron chi connectivity index (χ3n) is 5.64. The molecule has 1 aromatic carbocycles. The van der Waals surface area contributed by atoms with E-state index < -0.39 is 0 Å². The maximum atomic E-state index is 6.49. The Morgan fingerprint density at radius 3 is 2.57 bits per heavy atom. The third kappa shape index (κ3) is 2.57. The van der Waals surface area contributed by atoms with E-state index in [1.807, 2.05) is 24.3 Å². The molecule has 0 spiro atoms. The van der Waals surface area contributed by atoms with Crippen molar-refractivity contribution in [2.45, 2.75) is 63.6 Å². The molecule has 0 radical (unpaired) electrons. The Labute approximate surface area is 139 Å². The molecule has 128 valence electrons. The standard InChI is InChI=1S/C19H28O4/c1-13(2)19-11-10-18(3,23-19)16(17(19)21-5)22-12-14-8-6-7-9-15(14)20-4/h6-9,13,16-17H,10-12H2,1-5H3/t16-,17-,18+,19+/m1/s1. The molecule has 0 amide bonds. The lowest BCUT2D eigenvalue weighted by atomic mass is 9.73. The van der Waals surface area contributed by atoms with Crippen molar-refractivity contribution in [1.29, 1.82) is 0 Å². The van der Waals surface area contributed by atoms with Gasteiger partial charge in [0.15, 0.2) is 0 Å². The quantitative estimate of drug-likeness (QED) is 0.803. The highest BCUT2D eigenvalue weighted by atomic mass is 16.6. The first-order chi connectivity index (χ1) is 11.0. The summed E-state index contributed by atoms with van der Waals surface area (Å²) in [5.74, 6) is 1.25. The van der Waals surface area contributed by atoms with Gasteiger partial charge in [0.1, 0.15) is 23.6 Å². The molecule has 2 saturated heterocycles. The van der Waals surface area contributed by atoms with Crippen molar-refractivity contribution in [3.8, 4) is 5.75 Å². The Morgan fingerprint density at radius 1 is 1.17 bits per heavy atom. The topological polar surface area (TPSA) is 36.9 Å². The summed E-state index contributed by atoms with van der Waals surface area (Å²) < 4.78 is 24.1. The predicted octanol–water partition coefficient (Wildman–Crippen LogP) is 3.57. The summed E-state index contributed by atoms with van der Waals surface area (Å²) in [6.45, 7) is 7.07. The number of methoxy groups -OCH3 is 2. The maximum Gasteiger partial charge on any atom is 0.124 e. The minimum atomic E-state index is -0.271. The van der Waals surface area contributed by atoms with Gasteiger partial charge >= 0.3 is 0 Å². The molecule has 23 heavy (non-hydrogen) atoms. The first kappa shape index (κ1) is 16.7. The largest absolute Gasteiger partial charge is 0.496 e. The fraction of sp³-hybridized carbons (Fsp3) is 0.684. The number of hydrogen-bond acceptors (Lipinski definition) is 4. The minimum Gasteiger partial charge on any atom is -0.496 e. The fourth-order valence-electron chi connectivity index (χ4n) is 4.28. The minimum absolute atomic E-state index is 0.0315. The van der Waals surface area contributed by atoms with Gasteiger partial charge in [-0.2, -0.15) is 0 Å². The zero-order valence-corrected chi connectivity index (χ0v) is 14.8. The van der Waals surface area contributed by atoms with Crippen LogP contribution in [0.5, 0.6) is 5.75 Å². The van der Waals surface area contributed by atoms with Gasteiger partial charge in [-0.25, -0.2) is 0 Å². The monoisotopic (exact) mass is 320 g/mol. The maximum absolute atomic E-state index is 6.49. The van der Waals surface area contributed by atoms with E-state index in [9.17, 15) is 0 Å². The number of benzene rings is 1. The van der Waals surface area contributed by atoms with Crippen LogP contribution in [0.15, 0.2) is 24.3 Å². The lowest BCUT2D eigenvalue weighted by Crippen LogP contribution is -2.52. The number of hydrogen-bond donors (Lipinski definition) is 0. The average molecular weight is 320 g/mol. The Morgan fingerprint density at radius 2 is 1.91 bits per heavy atom. The molecule has 4 atom stereocenters. The highest BCUT2D eigenvalue weighted by Gasteiger charge is 2.67. The number of rotatable bonds is 6.